The Morgan fingerprint density at radius 1 is 1.44 bits per heavy atom. The molecule has 0 aliphatic rings. The number of hydrogen-bond donors (Lipinski definition) is 1. The molecule has 0 fully saturated rings. The number of rotatable bonds is 7. The number of methoxy groups -OCH3 is 1. The number of ether oxygens (including phenoxy) is 1. The zero-order chi connectivity index (χ0) is 12.4. The lowest BCUT2D eigenvalue weighted by molar-refractivity contribution is -0.148. The van der Waals surface area contributed by atoms with Crippen LogP contribution in [0, 0.1) is 0 Å². The van der Waals surface area contributed by atoms with Crippen molar-refractivity contribution in [2.75, 3.05) is 7.11 Å². The van der Waals surface area contributed by atoms with Crippen LogP contribution in [0.2, 0.25) is 0 Å². The third-order valence-corrected chi connectivity index (χ3v) is 2.37. The Labute approximate surface area is 97.8 Å². The normalized spacial score (nSPS) is 11.5. The number of carbonyl (C=O) groups excluding carboxylic acids is 1. The van der Waals surface area contributed by atoms with Crippen LogP contribution in [0.25, 0.3) is 0 Å². The molecule has 0 spiro atoms. The summed E-state index contributed by atoms with van der Waals surface area (Å²) in [6, 6.07) is 0. The lowest BCUT2D eigenvalue weighted by Gasteiger charge is -2.05. The van der Waals surface area contributed by atoms with Gasteiger partial charge in [0.15, 0.2) is 6.10 Å². The van der Waals surface area contributed by atoms with Crippen molar-refractivity contribution < 1.29 is 14.6 Å². The van der Waals surface area contributed by atoms with Crippen molar-refractivity contribution in [2.24, 2.45) is 0 Å². The van der Waals surface area contributed by atoms with E-state index >= 15 is 0 Å². The number of carbonyl (C=O) groups is 1. The van der Waals surface area contributed by atoms with Gasteiger partial charge in [-0.1, -0.05) is 26.2 Å². The second-order valence-corrected chi connectivity index (χ2v) is 3.81. The van der Waals surface area contributed by atoms with Crippen LogP contribution in [0.4, 0.5) is 0 Å². The van der Waals surface area contributed by atoms with Gasteiger partial charge in [-0.25, -0.2) is 4.79 Å². The van der Waals surface area contributed by atoms with Gasteiger partial charge in [-0.3, -0.25) is 0 Å². The molecule has 0 aromatic rings. The Morgan fingerprint density at radius 2 is 2.12 bits per heavy atom. The average Bonchev–Trinajstić information content (AvgIpc) is 2.31. The number of hydrogen-bond acceptors (Lipinski definition) is 3. The van der Waals surface area contributed by atoms with E-state index in [0.717, 1.165) is 12.8 Å². The fourth-order valence-electron chi connectivity index (χ4n) is 1.27. The first kappa shape index (κ1) is 14.9. The van der Waals surface area contributed by atoms with Crippen LogP contribution < -0.4 is 0 Å². The monoisotopic (exact) mass is 226 g/mol. The SMILES string of the molecule is CCCCCCC=C=C(C)C(O)C(=O)OC. The minimum Gasteiger partial charge on any atom is -0.467 e. The average molecular weight is 226 g/mol. The van der Waals surface area contributed by atoms with E-state index < -0.39 is 12.1 Å². The van der Waals surface area contributed by atoms with Crippen molar-refractivity contribution in [1.82, 2.24) is 0 Å². The summed E-state index contributed by atoms with van der Waals surface area (Å²) in [5, 5.41) is 9.43. The van der Waals surface area contributed by atoms with Crippen molar-refractivity contribution in [3.8, 4) is 0 Å². The van der Waals surface area contributed by atoms with Gasteiger partial charge in [-0.05, 0) is 25.8 Å². The molecule has 0 rings (SSSR count). The molecule has 0 radical (unpaired) electrons. The fourth-order valence-corrected chi connectivity index (χ4v) is 1.27. The molecule has 1 atom stereocenters. The third kappa shape index (κ3) is 6.44. The highest BCUT2D eigenvalue weighted by Gasteiger charge is 2.16. The highest BCUT2D eigenvalue weighted by atomic mass is 16.5. The lowest BCUT2D eigenvalue weighted by Crippen LogP contribution is -2.22. The first-order valence-electron chi connectivity index (χ1n) is 5.81. The third-order valence-electron chi connectivity index (χ3n) is 2.37. The predicted molar refractivity (Wildman–Crippen MR) is 64.1 cm³/mol. The van der Waals surface area contributed by atoms with Gasteiger partial charge in [0.1, 0.15) is 0 Å². The molecular formula is C13H22O3. The van der Waals surface area contributed by atoms with Crippen LogP contribution in [-0.4, -0.2) is 24.3 Å². The molecule has 0 heterocycles. The molecule has 92 valence electrons. The summed E-state index contributed by atoms with van der Waals surface area (Å²) in [4.78, 5) is 11.0. The standard InChI is InChI=1S/C13H22O3/c1-4-5-6-7-8-9-10-11(2)12(14)13(15)16-3/h9,12,14H,4-8H2,1-3H3. The molecule has 0 aliphatic heterocycles. The Hall–Kier alpha value is -1.05. The first-order chi connectivity index (χ1) is 7.63. The van der Waals surface area contributed by atoms with Gasteiger partial charge < -0.3 is 9.84 Å². The molecule has 16 heavy (non-hydrogen) atoms. The van der Waals surface area contributed by atoms with Crippen LogP contribution >= 0.6 is 0 Å². The summed E-state index contributed by atoms with van der Waals surface area (Å²) in [7, 11) is 1.26. The number of aliphatic hydroxyl groups excluding tert-OH is 1. The van der Waals surface area contributed by atoms with E-state index in [0.29, 0.717) is 5.57 Å². The van der Waals surface area contributed by atoms with Gasteiger partial charge in [-0.15, -0.1) is 5.73 Å². The molecule has 1 N–H and O–H groups in total. The van der Waals surface area contributed by atoms with Crippen LogP contribution in [0.5, 0.6) is 0 Å². The van der Waals surface area contributed by atoms with Gasteiger partial charge >= 0.3 is 5.97 Å². The number of esters is 1. The summed E-state index contributed by atoms with van der Waals surface area (Å²) in [6.45, 7) is 3.84. The second kappa shape index (κ2) is 9.20. The Kier molecular flexibility index (Phi) is 8.59. The molecule has 1 unspecified atom stereocenters. The molecular weight excluding hydrogens is 204 g/mol. The second-order valence-electron chi connectivity index (χ2n) is 3.81. The highest BCUT2D eigenvalue weighted by molar-refractivity contribution is 5.77. The summed E-state index contributed by atoms with van der Waals surface area (Å²) < 4.78 is 4.43. The van der Waals surface area contributed by atoms with E-state index in [1.165, 1.54) is 26.4 Å². The van der Waals surface area contributed by atoms with Gasteiger partial charge in [0.2, 0.25) is 0 Å². The van der Waals surface area contributed by atoms with Crippen LogP contribution in [0.1, 0.15) is 46.0 Å². The maximum absolute atomic E-state index is 11.0. The summed E-state index contributed by atoms with van der Waals surface area (Å²) in [5.41, 5.74) is 3.42. The summed E-state index contributed by atoms with van der Waals surface area (Å²) in [5.74, 6) is -0.635. The molecule has 0 aliphatic carbocycles. The largest absolute Gasteiger partial charge is 0.467 e. The lowest BCUT2D eigenvalue weighted by atomic mass is 10.1. The highest BCUT2D eigenvalue weighted by Crippen LogP contribution is 2.04. The van der Waals surface area contributed by atoms with Gasteiger partial charge in [0.05, 0.1) is 7.11 Å². The van der Waals surface area contributed by atoms with Crippen LogP contribution in [-0.2, 0) is 9.53 Å². The summed E-state index contributed by atoms with van der Waals surface area (Å²) >= 11 is 0. The molecule has 0 saturated heterocycles. The van der Waals surface area contributed by atoms with Gasteiger partial charge in [0.25, 0.3) is 0 Å². The Bertz CT molecular complexity index is 262. The quantitative estimate of drug-likeness (QED) is 0.412. The molecule has 0 aromatic carbocycles. The summed E-state index contributed by atoms with van der Waals surface area (Å²) in [6.07, 6.45) is 6.44. The van der Waals surface area contributed by atoms with Gasteiger partial charge in [-0.2, -0.15) is 0 Å². The van der Waals surface area contributed by atoms with E-state index in [4.69, 9.17) is 0 Å². The van der Waals surface area contributed by atoms with Crippen molar-refractivity contribution >= 4 is 5.97 Å². The zero-order valence-electron chi connectivity index (χ0n) is 10.5. The van der Waals surface area contributed by atoms with Crippen molar-refractivity contribution in [3.63, 3.8) is 0 Å². The number of unbranched alkanes of at least 4 members (excludes halogenated alkanes) is 4. The minimum absolute atomic E-state index is 0.502. The van der Waals surface area contributed by atoms with Crippen molar-refractivity contribution in [1.29, 1.82) is 0 Å². The molecule has 3 heteroatoms. The maximum atomic E-state index is 11.0. The molecule has 0 saturated carbocycles. The van der Waals surface area contributed by atoms with E-state index in [1.807, 2.05) is 6.08 Å². The molecule has 0 bridgehead atoms. The van der Waals surface area contributed by atoms with E-state index in [-0.39, 0.29) is 0 Å². The van der Waals surface area contributed by atoms with Crippen molar-refractivity contribution in [2.45, 2.75) is 52.1 Å². The Morgan fingerprint density at radius 3 is 2.69 bits per heavy atom. The predicted octanol–water partition coefficient (Wildman–Crippen LogP) is 2.59. The van der Waals surface area contributed by atoms with Crippen LogP contribution in [0.3, 0.4) is 0 Å². The van der Waals surface area contributed by atoms with E-state index in [9.17, 15) is 9.90 Å². The number of aliphatic hydroxyl groups is 1. The van der Waals surface area contributed by atoms with E-state index in [2.05, 4.69) is 17.4 Å². The van der Waals surface area contributed by atoms with Crippen molar-refractivity contribution in [3.05, 3.63) is 17.4 Å². The molecule has 3 nitrogen and oxygen atoms in total. The first-order valence-corrected chi connectivity index (χ1v) is 5.81. The van der Waals surface area contributed by atoms with Gasteiger partial charge in [0, 0.05) is 5.57 Å². The van der Waals surface area contributed by atoms with E-state index in [1.54, 1.807) is 6.92 Å². The smallest absolute Gasteiger partial charge is 0.339 e. The fraction of sp³-hybridized carbons (Fsp3) is 0.692. The zero-order valence-corrected chi connectivity index (χ0v) is 10.5. The molecule has 0 amide bonds. The topological polar surface area (TPSA) is 46.5 Å². The van der Waals surface area contributed by atoms with Crippen LogP contribution in [0.15, 0.2) is 17.4 Å². The minimum atomic E-state index is -1.18. The Balaban J connectivity index is 4.00. The maximum Gasteiger partial charge on any atom is 0.339 e. The molecule has 0 aromatic heterocycles.